The zero-order valence-electron chi connectivity index (χ0n) is 19.9. The summed E-state index contributed by atoms with van der Waals surface area (Å²) in [6, 6.07) is 10.9. The maximum absolute atomic E-state index is 13.4. The number of fused-ring (bicyclic) bond motifs is 3. The molecule has 0 bridgehead atoms. The van der Waals surface area contributed by atoms with Gasteiger partial charge in [0, 0.05) is 49.3 Å². The van der Waals surface area contributed by atoms with Gasteiger partial charge in [0.1, 0.15) is 5.75 Å². The summed E-state index contributed by atoms with van der Waals surface area (Å²) in [7, 11) is 3.56. The van der Waals surface area contributed by atoms with E-state index in [9.17, 15) is 14.7 Å². The first-order valence-corrected chi connectivity index (χ1v) is 12.2. The van der Waals surface area contributed by atoms with Crippen molar-refractivity contribution in [3.63, 3.8) is 0 Å². The van der Waals surface area contributed by atoms with Gasteiger partial charge in [-0.15, -0.1) is 0 Å². The number of carbonyl (C=O) groups is 1. The predicted molar refractivity (Wildman–Crippen MR) is 130 cm³/mol. The minimum Gasteiger partial charge on any atom is -0.497 e. The van der Waals surface area contributed by atoms with Crippen molar-refractivity contribution in [3.05, 3.63) is 52.4 Å². The Morgan fingerprint density at radius 1 is 1.15 bits per heavy atom. The molecule has 4 atom stereocenters. The average Bonchev–Trinajstić information content (AvgIpc) is 3.56. The van der Waals surface area contributed by atoms with Crippen molar-refractivity contribution in [2.75, 3.05) is 46.9 Å². The second-order valence-corrected chi connectivity index (χ2v) is 9.72. The average molecular weight is 467 g/mol. The van der Waals surface area contributed by atoms with E-state index in [2.05, 4.69) is 15.1 Å². The molecule has 8 heteroatoms. The second-order valence-electron chi connectivity index (χ2n) is 9.72. The highest BCUT2D eigenvalue weighted by molar-refractivity contribution is 5.82. The molecule has 2 saturated heterocycles. The van der Waals surface area contributed by atoms with E-state index in [4.69, 9.17) is 4.74 Å². The molecule has 1 amide bonds. The summed E-state index contributed by atoms with van der Waals surface area (Å²) in [6.07, 6.45) is 2.46. The maximum Gasteiger partial charge on any atom is 0.258 e. The molecule has 3 aliphatic heterocycles. The summed E-state index contributed by atoms with van der Waals surface area (Å²) < 4.78 is 7.06. The quantitative estimate of drug-likeness (QED) is 0.640. The number of hydrogen-bond acceptors (Lipinski definition) is 6. The van der Waals surface area contributed by atoms with Gasteiger partial charge in [-0.05, 0) is 62.8 Å². The first kappa shape index (κ1) is 23.1. The molecule has 0 spiro atoms. The Bertz CT molecular complexity index is 1090. The molecule has 0 radical (unpaired) electrons. The standard InChI is InChI=1S/C26H34N4O4/c1-28-23-20(21(16-31)24(28)25(32)27-11-14-29-12-3-4-13-29)15-30-22(23)10-9-19(26(30)33)17-5-7-18(34-2)8-6-17/h5-10,20-21,23-24,31H,3-4,11-16H2,1-2H3,(H,27,32)/t20-,21-,23+,24-/m1/s1. The van der Waals surface area contributed by atoms with Crippen LogP contribution in [-0.2, 0) is 11.3 Å². The predicted octanol–water partition coefficient (Wildman–Crippen LogP) is 1.33. The van der Waals surface area contributed by atoms with Crippen LogP contribution in [0, 0.1) is 11.8 Å². The second kappa shape index (κ2) is 9.52. The van der Waals surface area contributed by atoms with E-state index in [1.807, 2.05) is 48.0 Å². The van der Waals surface area contributed by atoms with E-state index in [1.54, 1.807) is 7.11 Å². The van der Waals surface area contributed by atoms with Crippen LogP contribution in [0.25, 0.3) is 11.1 Å². The number of hydrogen-bond donors (Lipinski definition) is 2. The molecule has 0 unspecified atom stereocenters. The number of nitrogens with zero attached hydrogens (tertiary/aromatic N) is 3. The molecule has 4 heterocycles. The molecule has 0 aliphatic carbocycles. The molecule has 1 aromatic heterocycles. The third-order valence-corrected chi connectivity index (χ3v) is 7.95. The summed E-state index contributed by atoms with van der Waals surface area (Å²) in [6.45, 7) is 4.13. The Labute approximate surface area is 200 Å². The van der Waals surface area contributed by atoms with E-state index >= 15 is 0 Å². The van der Waals surface area contributed by atoms with Gasteiger partial charge in [-0.1, -0.05) is 12.1 Å². The lowest BCUT2D eigenvalue weighted by Crippen LogP contribution is -2.48. The molecule has 0 saturated carbocycles. The Balaban J connectivity index is 1.35. The van der Waals surface area contributed by atoms with Gasteiger partial charge in [0.05, 0.1) is 19.2 Å². The van der Waals surface area contributed by atoms with Gasteiger partial charge >= 0.3 is 0 Å². The molecule has 2 fully saturated rings. The van der Waals surface area contributed by atoms with Crippen LogP contribution in [0.4, 0.5) is 0 Å². The fraction of sp³-hybridized carbons (Fsp3) is 0.538. The molecule has 182 valence electrons. The van der Waals surface area contributed by atoms with Crippen LogP contribution >= 0.6 is 0 Å². The lowest BCUT2D eigenvalue weighted by Gasteiger charge is -2.27. The zero-order chi connectivity index (χ0) is 23.8. The largest absolute Gasteiger partial charge is 0.497 e. The Morgan fingerprint density at radius 3 is 2.56 bits per heavy atom. The fourth-order valence-electron chi connectivity index (χ4n) is 6.21. The van der Waals surface area contributed by atoms with Gasteiger partial charge in [-0.3, -0.25) is 14.5 Å². The first-order chi connectivity index (χ1) is 16.5. The topological polar surface area (TPSA) is 87.0 Å². The summed E-state index contributed by atoms with van der Waals surface area (Å²) >= 11 is 0. The van der Waals surface area contributed by atoms with Crippen molar-refractivity contribution in [2.45, 2.75) is 31.5 Å². The monoisotopic (exact) mass is 466 g/mol. The summed E-state index contributed by atoms with van der Waals surface area (Å²) in [5.41, 5.74) is 2.38. The van der Waals surface area contributed by atoms with Crippen molar-refractivity contribution < 1.29 is 14.6 Å². The van der Waals surface area contributed by atoms with Gasteiger partial charge in [0.25, 0.3) is 5.56 Å². The SMILES string of the molecule is COc1ccc(-c2ccc3n(c2=O)C[C@@H]2[C@@H](CO)[C@H](C(=O)NCCN4CCCC4)N(C)[C@H]32)cc1. The van der Waals surface area contributed by atoms with Crippen molar-refractivity contribution >= 4 is 5.91 Å². The van der Waals surface area contributed by atoms with Crippen LogP contribution in [0.15, 0.2) is 41.2 Å². The molecular formula is C26H34N4O4. The van der Waals surface area contributed by atoms with Crippen molar-refractivity contribution in [1.82, 2.24) is 19.7 Å². The lowest BCUT2D eigenvalue weighted by molar-refractivity contribution is -0.127. The zero-order valence-corrected chi connectivity index (χ0v) is 19.9. The van der Waals surface area contributed by atoms with E-state index in [0.717, 1.165) is 36.6 Å². The van der Waals surface area contributed by atoms with Crippen LogP contribution in [0.3, 0.4) is 0 Å². The van der Waals surface area contributed by atoms with Gasteiger partial charge in [-0.25, -0.2) is 0 Å². The molecule has 2 aromatic rings. The minimum absolute atomic E-state index is 0.0168. The van der Waals surface area contributed by atoms with Crippen LogP contribution in [0.2, 0.25) is 0 Å². The number of aromatic nitrogens is 1. The van der Waals surface area contributed by atoms with Gasteiger partial charge in [0.2, 0.25) is 5.91 Å². The number of rotatable bonds is 7. The third-order valence-electron chi connectivity index (χ3n) is 7.95. The number of amides is 1. The van der Waals surface area contributed by atoms with Gasteiger partial charge < -0.3 is 24.6 Å². The van der Waals surface area contributed by atoms with Crippen molar-refractivity contribution in [3.8, 4) is 16.9 Å². The molecule has 2 N–H and O–H groups in total. The van der Waals surface area contributed by atoms with Gasteiger partial charge in [0.15, 0.2) is 0 Å². The summed E-state index contributed by atoms with van der Waals surface area (Å²) in [5, 5.41) is 13.4. The summed E-state index contributed by atoms with van der Waals surface area (Å²) in [5.74, 6) is 0.518. The molecular weight excluding hydrogens is 432 g/mol. The van der Waals surface area contributed by atoms with Crippen LogP contribution in [0.1, 0.15) is 24.6 Å². The van der Waals surface area contributed by atoms with Crippen LogP contribution < -0.4 is 15.6 Å². The highest BCUT2D eigenvalue weighted by Gasteiger charge is 2.54. The molecule has 5 rings (SSSR count). The lowest BCUT2D eigenvalue weighted by atomic mass is 9.88. The van der Waals surface area contributed by atoms with Crippen molar-refractivity contribution in [1.29, 1.82) is 0 Å². The van der Waals surface area contributed by atoms with Crippen LogP contribution in [-0.4, -0.2) is 78.4 Å². The Morgan fingerprint density at radius 2 is 1.88 bits per heavy atom. The number of methoxy groups -OCH3 is 1. The number of nitrogens with one attached hydrogen (secondary N) is 1. The number of likely N-dealkylation sites (tertiary alicyclic amines) is 2. The van der Waals surface area contributed by atoms with E-state index in [1.165, 1.54) is 12.8 Å². The number of aliphatic hydroxyl groups excluding tert-OH is 1. The smallest absolute Gasteiger partial charge is 0.258 e. The van der Waals surface area contributed by atoms with E-state index in [0.29, 0.717) is 18.7 Å². The molecule has 34 heavy (non-hydrogen) atoms. The van der Waals surface area contributed by atoms with Crippen molar-refractivity contribution in [2.24, 2.45) is 11.8 Å². The highest BCUT2D eigenvalue weighted by atomic mass is 16.5. The van der Waals surface area contributed by atoms with Gasteiger partial charge in [-0.2, -0.15) is 0 Å². The number of ether oxygens (including phenoxy) is 1. The normalized spacial score (nSPS) is 26.4. The highest BCUT2D eigenvalue weighted by Crippen LogP contribution is 2.48. The maximum atomic E-state index is 13.4. The molecule has 8 nitrogen and oxygen atoms in total. The fourth-order valence-corrected chi connectivity index (χ4v) is 6.21. The molecule has 1 aromatic carbocycles. The van der Waals surface area contributed by atoms with Crippen LogP contribution in [0.5, 0.6) is 5.75 Å². The third kappa shape index (κ3) is 3.93. The first-order valence-electron chi connectivity index (χ1n) is 12.2. The molecule has 3 aliphatic rings. The number of carbonyl (C=O) groups excluding carboxylic acids is 1. The Hall–Kier alpha value is -2.68. The number of pyridine rings is 1. The van der Waals surface area contributed by atoms with E-state index in [-0.39, 0.29) is 36.0 Å². The Kier molecular flexibility index (Phi) is 6.46. The summed E-state index contributed by atoms with van der Waals surface area (Å²) in [4.78, 5) is 31.0. The number of benzene rings is 1. The number of aliphatic hydroxyl groups is 1. The number of likely N-dealkylation sites (N-methyl/N-ethyl adjacent to an activating group) is 1. The minimum atomic E-state index is -0.399. The van der Waals surface area contributed by atoms with E-state index < -0.39 is 6.04 Å².